The SMILES string of the molecule is N#CCc1cccc(Cl)c1-c1ccc(Cl)c(Cl)c1Cl. The molecule has 0 saturated heterocycles. The van der Waals surface area contributed by atoms with Gasteiger partial charge in [-0.2, -0.15) is 5.26 Å². The highest BCUT2D eigenvalue weighted by molar-refractivity contribution is 6.49. The average Bonchev–Trinajstić information content (AvgIpc) is 2.38. The van der Waals surface area contributed by atoms with Crippen LogP contribution in [-0.4, -0.2) is 0 Å². The van der Waals surface area contributed by atoms with Crippen molar-refractivity contribution in [3.63, 3.8) is 0 Å². The first kappa shape index (κ1) is 14.5. The van der Waals surface area contributed by atoms with E-state index in [2.05, 4.69) is 6.07 Å². The maximum Gasteiger partial charge on any atom is 0.0784 e. The van der Waals surface area contributed by atoms with Crippen molar-refractivity contribution in [2.45, 2.75) is 6.42 Å². The Labute approximate surface area is 131 Å². The van der Waals surface area contributed by atoms with E-state index < -0.39 is 0 Å². The van der Waals surface area contributed by atoms with Gasteiger partial charge in [-0.15, -0.1) is 0 Å². The van der Waals surface area contributed by atoms with E-state index in [4.69, 9.17) is 51.7 Å². The van der Waals surface area contributed by atoms with E-state index in [1.54, 1.807) is 24.3 Å². The van der Waals surface area contributed by atoms with Gasteiger partial charge in [0.25, 0.3) is 0 Å². The lowest BCUT2D eigenvalue weighted by Gasteiger charge is -2.12. The first-order valence-electron chi connectivity index (χ1n) is 5.34. The fourth-order valence-corrected chi connectivity index (χ4v) is 2.75. The highest BCUT2D eigenvalue weighted by Crippen LogP contribution is 2.41. The van der Waals surface area contributed by atoms with E-state index >= 15 is 0 Å². The second kappa shape index (κ2) is 6.03. The molecule has 0 bridgehead atoms. The zero-order chi connectivity index (χ0) is 14.0. The van der Waals surface area contributed by atoms with Crippen molar-refractivity contribution in [3.05, 3.63) is 56.0 Å². The van der Waals surface area contributed by atoms with Crippen LogP contribution in [0, 0.1) is 11.3 Å². The molecule has 0 unspecified atom stereocenters. The molecule has 0 radical (unpaired) electrons. The number of rotatable bonds is 2. The third kappa shape index (κ3) is 2.83. The third-order valence-electron chi connectivity index (χ3n) is 2.67. The topological polar surface area (TPSA) is 23.8 Å². The van der Waals surface area contributed by atoms with E-state index in [0.29, 0.717) is 26.2 Å². The zero-order valence-corrected chi connectivity index (χ0v) is 12.6. The lowest BCUT2D eigenvalue weighted by atomic mass is 9.98. The molecule has 0 aliphatic rings. The largest absolute Gasteiger partial charge is 0.198 e. The number of nitriles is 1. The van der Waals surface area contributed by atoms with Gasteiger partial charge in [0, 0.05) is 16.1 Å². The van der Waals surface area contributed by atoms with Gasteiger partial charge < -0.3 is 0 Å². The molecule has 0 aromatic heterocycles. The molecule has 1 nitrogen and oxygen atoms in total. The highest BCUT2D eigenvalue weighted by Gasteiger charge is 2.16. The fraction of sp³-hybridized carbons (Fsp3) is 0.0714. The van der Waals surface area contributed by atoms with Crippen molar-refractivity contribution in [2.75, 3.05) is 0 Å². The van der Waals surface area contributed by atoms with Crippen molar-refractivity contribution in [1.29, 1.82) is 5.26 Å². The van der Waals surface area contributed by atoms with Gasteiger partial charge in [0.2, 0.25) is 0 Å². The second-order valence-electron chi connectivity index (χ2n) is 3.83. The van der Waals surface area contributed by atoms with Crippen LogP contribution < -0.4 is 0 Å². The minimum absolute atomic E-state index is 0.243. The van der Waals surface area contributed by atoms with Gasteiger partial charge in [0.05, 0.1) is 27.6 Å². The molecule has 0 fully saturated rings. The third-order valence-corrected chi connectivity index (χ3v) is 4.28. The summed E-state index contributed by atoms with van der Waals surface area (Å²) in [7, 11) is 0. The molecule has 2 aromatic carbocycles. The van der Waals surface area contributed by atoms with Gasteiger partial charge in [-0.1, -0.05) is 64.6 Å². The van der Waals surface area contributed by atoms with Crippen molar-refractivity contribution < 1.29 is 0 Å². The van der Waals surface area contributed by atoms with Crippen LogP contribution in [0.2, 0.25) is 20.1 Å². The predicted octanol–water partition coefficient (Wildman–Crippen LogP) is 6.03. The second-order valence-corrected chi connectivity index (χ2v) is 5.40. The minimum atomic E-state index is 0.243. The molecule has 0 saturated carbocycles. The fourth-order valence-electron chi connectivity index (χ4n) is 1.82. The molecule has 19 heavy (non-hydrogen) atoms. The van der Waals surface area contributed by atoms with Crippen LogP contribution in [0.4, 0.5) is 0 Å². The van der Waals surface area contributed by atoms with Crippen LogP contribution in [0.1, 0.15) is 5.56 Å². The Hall–Kier alpha value is -0.910. The Bertz CT molecular complexity index is 674. The Morgan fingerprint density at radius 3 is 2.32 bits per heavy atom. The smallest absolute Gasteiger partial charge is 0.0784 e. The van der Waals surface area contributed by atoms with Crippen molar-refractivity contribution in [3.8, 4) is 17.2 Å². The minimum Gasteiger partial charge on any atom is -0.198 e. The number of hydrogen-bond donors (Lipinski definition) is 0. The van der Waals surface area contributed by atoms with E-state index in [0.717, 1.165) is 5.56 Å². The molecule has 5 heteroatoms. The average molecular weight is 331 g/mol. The molecule has 2 rings (SSSR count). The van der Waals surface area contributed by atoms with Gasteiger partial charge >= 0.3 is 0 Å². The zero-order valence-electron chi connectivity index (χ0n) is 9.55. The summed E-state index contributed by atoms with van der Waals surface area (Å²) in [6.45, 7) is 0. The first-order valence-corrected chi connectivity index (χ1v) is 6.85. The number of halogens is 4. The summed E-state index contributed by atoms with van der Waals surface area (Å²) in [5.41, 5.74) is 2.19. The summed E-state index contributed by atoms with van der Waals surface area (Å²) in [4.78, 5) is 0. The van der Waals surface area contributed by atoms with Gasteiger partial charge in [-0.25, -0.2) is 0 Å². The van der Waals surface area contributed by atoms with Crippen molar-refractivity contribution in [1.82, 2.24) is 0 Å². The van der Waals surface area contributed by atoms with Gasteiger partial charge in [0.15, 0.2) is 0 Å². The quantitative estimate of drug-likeness (QED) is 0.616. The molecule has 0 aliphatic carbocycles. The summed E-state index contributed by atoms with van der Waals surface area (Å²) >= 11 is 24.4. The van der Waals surface area contributed by atoms with E-state index in [1.807, 2.05) is 6.07 Å². The number of hydrogen-bond acceptors (Lipinski definition) is 1. The standard InChI is InChI=1S/C14H7Cl4N/c15-10-3-1-2-8(6-7-19)12(10)9-4-5-11(16)14(18)13(9)17/h1-5H,6H2. The molecule has 96 valence electrons. The summed E-state index contributed by atoms with van der Waals surface area (Å²) in [5, 5.41) is 10.4. The van der Waals surface area contributed by atoms with Crippen LogP contribution in [-0.2, 0) is 6.42 Å². The monoisotopic (exact) mass is 329 g/mol. The van der Waals surface area contributed by atoms with Crippen LogP contribution in [0.3, 0.4) is 0 Å². The van der Waals surface area contributed by atoms with Gasteiger partial charge in [-0.3, -0.25) is 0 Å². The molecule has 0 heterocycles. The molecular formula is C14H7Cl4N. The molecular weight excluding hydrogens is 324 g/mol. The molecule has 0 spiro atoms. The van der Waals surface area contributed by atoms with E-state index in [-0.39, 0.29) is 11.4 Å². The van der Waals surface area contributed by atoms with Gasteiger partial charge in [-0.05, 0) is 17.7 Å². The normalized spacial score (nSPS) is 10.3. The van der Waals surface area contributed by atoms with Crippen molar-refractivity contribution >= 4 is 46.4 Å². The number of nitrogens with zero attached hydrogens (tertiary/aromatic N) is 1. The Balaban J connectivity index is 2.72. The highest BCUT2D eigenvalue weighted by atomic mass is 35.5. The maximum absolute atomic E-state index is 8.88. The van der Waals surface area contributed by atoms with Crippen LogP contribution in [0.15, 0.2) is 30.3 Å². The number of benzene rings is 2. The Morgan fingerprint density at radius 1 is 0.895 bits per heavy atom. The lowest BCUT2D eigenvalue weighted by molar-refractivity contribution is 1.26. The van der Waals surface area contributed by atoms with E-state index in [9.17, 15) is 0 Å². The van der Waals surface area contributed by atoms with Crippen molar-refractivity contribution in [2.24, 2.45) is 0 Å². The van der Waals surface area contributed by atoms with Crippen LogP contribution in [0.5, 0.6) is 0 Å². The first-order chi connectivity index (χ1) is 9.06. The summed E-state index contributed by atoms with van der Waals surface area (Å²) in [6, 6.07) is 10.9. The maximum atomic E-state index is 8.88. The summed E-state index contributed by atoms with van der Waals surface area (Å²) in [6.07, 6.45) is 0.243. The van der Waals surface area contributed by atoms with Gasteiger partial charge in [0.1, 0.15) is 0 Å². The predicted molar refractivity (Wildman–Crippen MR) is 81.2 cm³/mol. The van der Waals surface area contributed by atoms with Crippen LogP contribution >= 0.6 is 46.4 Å². The van der Waals surface area contributed by atoms with Crippen LogP contribution in [0.25, 0.3) is 11.1 Å². The summed E-state index contributed by atoms with van der Waals surface area (Å²) < 4.78 is 0. The molecule has 0 amide bonds. The summed E-state index contributed by atoms with van der Waals surface area (Å²) in [5.74, 6) is 0. The Morgan fingerprint density at radius 2 is 1.63 bits per heavy atom. The van der Waals surface area contributed by atoms with E-state index in [1.165, 1.54) is 0 Å². The molecule has 0 aliphatic heterocycles. The molecule has 0 N–H and O–H groups in total. The lowest BCUT2D eigenvalue weighted by Crippen LogP contribution is -1.91. The molecule has 0 atom stereocenters. The Kier molecular flexibility index (Phi) is 4.60. The molecule has 2 aromatic rings.